The van der Waals surface area contributed by atoms with E-state index < -0.39 is 0 Å². The molecule has 0 bridgehead atoms. The summed E-state index contributed by atoms with van der Waals surface area (Å²) in [7, 11) is 1.80. The number of hydrogen-bond donors (Lipinski definition) is 0. The van der Waals surface area contributed by atoms with Gasteiger partial charge in [0.2, 0.25) is 0 Å². The van der Waals surface area contributed by atoms with Crippen LogP contribution in [-0.4, -0.2) is 23.0 Å². The van der Waals surface area contributed by atoms with Gasteiger partial charge in [-0.05, 0) is 62.7 Å². The normalized spacial score (nSPS) is 11.9. The number of ether oxygens (including phenoxy) is 1. The van der Waals surface area contributed by atoms with Crippen LogP contribution in [-0.2, 0) is 6.61 Å². The summed E-state index contributed by atoms with van der Waals surface area (Å²) in [5, 5.41) is 4.60. The van der Waals surface area contributed by atoms with E-state index in [-0.39, 0.29) is 11.9 Å². The van der Waals surface area contributed by atoms with Crippen LogP contribution in [0.3, 0.4) is 0 Å². The van der Waals surface area contributed by atoms with Crippen molar-refractivity contribution in [2.45, 2.75) is 33.4 Å². The first-order chi connectivity index (χ1) is 13.4. The maximum atomic E-state index is 12.8. The molecule has 0 aliphatic heterocycles. The second-order valence-corrected chi connectivity index (χ2v) is 7.20. The lowest BCUT2D eigenvalue weighted by Gasteiger charge is -2.25. The smallest absolute Gasteiger partial charge is 0.254 e. The van der Waals surface area contributed by atoms with Gasteiger partial charge in [-0.1, -0.05) is 28.9 Å². The number of rotatable bonds is 6. The van der Waals surface area contributed by atoms with Gasteiger partial charge in [-0.25, -0.2) is 0 Å². The van der Waals surface area contributed by atoms with Crippen LogP contribution in [0.25, 0.3) is 0 Å². The van der Waals surface area contributed by atoms with Crippen LogP contribution < -0.4 is 4.74 Å². The third kappa shape index (κ3) is 4.37. The van der Waals surface area contributed by atoms with Crippen LogP contribution in [0.1, 0.15) is 45.9 Å². The summed E-state index contributed by atoms with van der Waals surface area (Å²) in [5.41, 5.74) is 3.39. The van der Waals surface area contributed by atoms with Crippen LogP contribution in [0.15, 0.2) is 53.1 Å². The number of amides is 1. The first-order valence-corrected chi connectivity index (χ1v) is 9.42. The standard InChI is InChI=1S/C22H23ClN2O3/c1-14-21(16(3)28-24-14)13-27-20-11-7-18(8-12-20)22(26)25(4)15(2)17-5-9-19(23)10-6-17/h5-12,15H,13H2,1-4H3/t15-/m0/s1. The highest BCUT2D eigenvalue weighted by Gasteiger charge is 2.19. The van der Waals surface area contributed by atoms with Crippen molar-refractivity contribution in [2.24, 2.45) is 0 Å². The fourth-order valence-corrected chi connectivity index (χ4v) is 3.03. The second kappa shape index (κ2) is 8.48. The maximum Gasteiger partial charge on any atom is 0.254 e. The van der Waals surface area contributed by atoms with Crippen molar-refractivity contribution in [2.75, 3.05) is 7.05 Å². The number of benzene rings is 2. The minimum absolute atomic E-state index is 0.0558. The van der Waals surface area contributed by atoms with Crippen molar-refractivity contribution in [3.8, 4) is 5.75 Å². The van der Waals surface area contributed by atoms with E-state index in [9.17, 15) is 4.79 Å². The molecule has 0 aliphatic rings. The van der Waals surface area contributed by atoms with Gasteiger partial charge in [0.05, 0.1) is 17.3 Å². The molecule has 0 aliphatic carbocycles. The first-order valence-electron chi connectivity index (χ1n) is 9.04. The molecule has 146 valence electrons. The summed E-state index contributed by atoms with van der Waals surface area (Å²) < 4.78 is 10.9. The number of carbonyl (C=O) groups is 1. The van der Waals surface area contributed by atoms with Gasteiger partial charge in [0, 0.05) is 17.6 Å². The molecule has 0 radical (unpaired) electrons. The predicted molar refractivity (Wildman–Crippen MR) is 109 cm³/mol. The van der Waals surface area contributed by atoms with Crippen molar-refractivity contribution in [1.82, 2.24) is 10.1 Å². The first kappa shape index (κ1) is 20.0. The minimum atomic E-state index is -0.0692. The van der Waals surface area contributed by atoms with E-state index in [0.29, 0.717) is 22.9 Å². The Labute approximate surface area is 169 Å². The third-order valence-electron chi connectivity index (χ3n) is 4.92. The summed E-state index contributed by atoms with van der Waals surface area (Å²) in [6, 6.07) is 14.6. The van der Waals surface area contributed by atoms with E-state index in [0.717, 1.165) is 22.6 Å². The van der Waals surface area contributed by atoms with Crippen molar-refractivity contribution < 1.29 is 14.1 Å². The molecule has 28 heavy (non-hydrogen) atoms. The quantitative estimate of drug-likeness (QED) is 0.561. The van der Waals surface area contributed by atoms with Gasteiger partial charge in [0.15, 0.2) is 0 Å². The lowest BCUT2D eigenvalue weighted by atomic mass is 10.1. The number of halogens is 1. The van der Waals surface area contributed by atoms with Crippen molar-refractivity contribution in [3.05, 3.63) is 81.7 Å². The number of aromatic nitrogens is 1. The zero-order valence-corrected chi connectivity index (χ0v) is 17.2. The molecule has 1 aromatic heterocycles. The van der Waals surface area contributed by atoms with Crippen molar-refractivity contribution in [3.63, 3.8) is 0 Å². The average molecular weight is 399 g/mol. The van der Waals surface area contributed by atoms with Gasteiger partial charge in [0.25, 0.3) is 5.91 Å². The number of nitrogens with zero attached hydrogens (tertiary/aromatic N) is 2. The fraction of sp³-hybridized carbons (Fsp3) is 0.273. The van der Waals surface area contributed by atoms with Crippen molar-refractivity contribution >= 4 is 17.5 Å². The van der Waals surface area contributed by atoms with E-state index in [1.54, 1.807) is 36.2 Å². The van der Waals surface area contributed by atoms with Gasteiger partial charge in [0.1, 0.15) is 18.1 Å². The fourth-order valence-electron chi connectivity index (χ4n) is 2.90. The molecule has 0 saturated heterocycles. The summed E-state index contributed by atoms with van der Waals surface area (Å²) in [5.74, 6) is 1.38. The Morgan fingerprint density at radius 2 is 1.79 bits per heavy atom. The molecule has 1 atom stereocenters. The third-order valence-corrected chi connectivity index (χ3v) is 5.17. The monoisotopic (exact) mass is 398 g/mol. The largest absolute Gasteiger partial charge is 0.489 e. The summed E-state index contributed by atoms with van der Waals surface area (Å²) in [6.45, 7) is 6.11. The van der Waals surface area contributed by atoms with Crippen LogP contribution >= 0.6 is 11.6 Å². The molecule has 3 rings (SSSR count). The highest BCUT2D eigenvalue weighted by Crippen LogP contribution is 2.23. The number of hydrogen-bond acceptors (Lipinski definition) is 4. The lowest BCUT2D eigenvalue weighted by Crippen LogP contribution is -2.29. The average Bonchev–Trinajstić information content (AvgIpc) is 3.03. The molecule has 0 unspecified atom stereocenters. The Balaban J connectivity index is 1.65. The zero-order valence-electron chi connectivity index (χ0n) is 16.4. The second-order valence-electron chi connectivity index (χ2n) is 6.76. The Kier molecular flexibility index (Phi) is 6.05. The number of carbonyl (C=O) groups excluding carboxylic acids is 1. The van der Waals surface area contributed by atoms with E-state index in [1.165, 1.54) is 0 Å². The van der Waals surface area contributed by atoms with Gasteiger partial charge in [-0.2, -0.15) is 0 Å². The maximum absolute atomic E-state index is 12.8. The number of aryl methyl sites for hydroxylation is 2. The Bertz CT molecular complexity index is 929. The van der Waals surface area contributed by atoms with Gasteiger partial charge >= 0.3 is 0 Å². The molecule has 1 heterocycles. The van der Waals surface area contributed by atoms with Crippen LogP contribution in [0.5, 0.6) is 5.75 Å². The lowest BCUT2D eigenvalue weighted by molar-refractivity contribution is 0.0742. The molecule has 3 aromatic rings. The molecular formula is C22H23ClN2O3. The minimum Gasteiger partial charge on any atom is -0.489 e. The van der Waals surface area contributed by atoms with Gasteiger partial charge in [-0.3, -0.25) is 4.79 Å². The molecule has 0 spiro atoms. The highest BCUT2D eigenvalue weighted by atomic mass is 35.5. The van der Waals surface area contributed by atoms with Crippen LogP contribution in [0.2, 0.25) is 5.02 Å². The predicted octanol–water partition coefficient (Wildman–Crippen LogP) is 5.36. The molecular weight excluding hydrogens is 376 g/mol. The molecule has 0 fully saturated rings. The molecule has 6 heteroatoms. The topological polar surface area (TPSA) is 55.6 Å². The molecule has 1 amide bonds. The van der Waals surface area contributed by atoms with E-state index >= 15 is 0 Å². The molecule has 5 nitrogen and oxygen atoms in total. The van der Waals surface area contributed by atoms with Crippen molar-refractivity contribution in [1.29, 1.82) is 0 Å². The van der Waals surface area contributed by atoms with E-state index in [4.69, 9.17) is 20.9 Å². The van der Waals surface area contributed by atoms with Gasteiger partial charge < -0.3 is 14.2 Å². The van der Waals surface area contributed by atoms with Crippen LogP contribution in [0, 0.1) is 13.8 Å². The Morgan fingerprint density at radius 1 is 1.14 bits per heavy atom. The summed E-state index contributed by atoms with van der Waals surface area (Å²) in [6.07, 6.45) is 0. The van der Waals surface area contributed by atoms with E-state index in [2.05, 4.69) is 5.16 Å². The summed E-state index contributed by atoms with van der Waals surface area (Å²) in [4.78, 5) is 14.5. The summed E-state index contributed by atoms with van der Waals surface area (Å²) >= 11 is 5.94. The zero-order chi connectivity index (χ0) is 20.3. The Morgan fingerprint density at radius 3 is 2.36 bits per heavy atom. The van der Waals surface area contributed by atoms with Crippen LogP contribution in [0.4, 0.5) is 0 Å². The Hall–Kier alpha value is -2.79. The molecule has 0 saturated carbocycles. The van der Waals surface area contributed by atoms with Gasteiger partial charge in [-0.15, -0.1) is 0 Å². The highest BCUT2D eigenvalue weighted by molar-refractivity contribution is 6.30. The van der Waals surface area contributed by atoms with E-state index in [1.807, 2.05) is 45.0 Å². The molecule has 0 N–H and O–H groups in total. The SMILES string of the molecule is Cc1noc(C)c1COc1ccc(C(=O)N(C)[C@@H](C)c2ccc(Cl)cc2)cc1. The molecule has 2 aromatic carbocycles.